The summed E-state index contributed by atoms with van der Waals surface area (Å²) < 4.78 is 2.06. The fourth-order valence-corrected chi connectivity index (χ4v) is 1.62. The normalized spacial score (nSPS) is 23.4. The Labute approximate surface area is 65.8 Å². The van der Waals surface area contributed by atoms with Gasteiger partial charge in [0.15, 0.2) is 5.78 Å². The summed E-state index contributed by atoms with van der Waals surface area (Å²) in [5, 5.41) is 0. The van der Waals surface area contributed by atoms with Crippen LogP contribution in [0.5, 0.6) is 0 Å². The molecular weight excluding hydrogens is 138 g/mol. The number of nitrogens with zero attached hydrogens (tertiary/aromatic N) is 1. The van der Waals surface area contributed by atoms with Crippen molar-refractivity contribution in [3.63, 3.8) is 0 Å². The standard InChI is InChI=1S/C9H11NO/c1-7-4-5-9(11)8-3-2-6-10(7)8/h2-3,6-7H,4-5H2,1H3. The lowest BCUT2D eigenvalue weighted by Gasteiger charge is -2.21. The second-order valence-electron chi connectivity index (χ2n) is 3.11. The number of aromatic nitrogens is 1. The SMILES string of the molecule is CC1CCC(=O)c2cccn21. The minimum atomic E-state index is 0.285. The van der Waals surface area contributed by atoms with E-state index >= 15 is 0 Å². The maximum atomic E-state index is 11.3. The molecule has 58 valence electrons. The zero-order chi connectivity index (χ0) is 7.84. The van der Waals surface area contributed by atoms with E-state index in [0.29, 0.717) is 12.5 Å². The molecule has 1 aromatic rings. The lowest BCUT2D eigenvalue weighted by Crippen LogP contribution is -2.18. The van der Waals surface area contributed by atoms with Gasteiger partial charge in [-0.2, -0.15) is 0 Å². The average Bonchev–Trinajstić information content (AvgIpc) is 2.45. The first kappa shape index (κ1) is 6.65. The molecule has 1 aromatic heterocycles. The molecule has 1 atom stereocenters. The number of rotatable bonds is 0. The molecule has 0 radical (unpaired) electrons. The summed E-state index contributed by atoms with van der Waals surface area (Å²) in [5.74, 6) is 0.285. The number of fused-ring (bicyclic) bond motifs is 1. The van der Waals surface area contributed by atoms with Gasteiger partial charge < -0.3 is 4.57 Å². The third kappa shape index (κ3) is 0.897. The lowest BCUT2D eigenvalue weighted by molar-refractivity contribution is 0.0945. The van der Waals surface area contributed by atoms with Crippen molar-refractivity contribution in [2.75, 3.05) is 0 Å². The van der Waals surface area contributed by atoms with Crippen molar-refractivity contribution < 1.29 is 4.79 Å². The van der Waals surface area contributed by atoms with E-state index in [-0.39, 0.29) is 5.78 Å². The largest absolute Gasteiger partial charge is 0.342 e. The molecule has 0 bridgehead atoms. The summed E-state index contributed by atoms with van der Waals surface area (Å²) in [6.07, 6.45) is 3.68. The lowest BCUT2D eigenvalue weighted by atomic mass is 10.0. The van der Waals surface area contributed by atoms with Gasteiger partial charge in [0.25, 0.3) is 0 Å². The van der Waals surface area contributed by atoms with Crippen LogP contribution in [-0.4, -0.2) is 10.4 Å². The molecule has 1 aliphatic heterocycles. The molecular formula is C9H11NO. The van der Waals surface area contributed by atoms with E-state index in [1.54, 1.807) is 0 Å². The van der Waals surface area contributed by atoms with Gasteiger partial charge in [0, 0.05) is 18.7 Å². The first-order valence-corrected chi connectivity index (χ1v) is 3.99. The quantitative estimate of drug-likeness (QED) is 0.553. The average molecular weight is 149 g/mol. The zero-order valence-electron chi connectivity index (χ0n) is 6.58. The van der Waals surface area contributed by atoms with Crippen LogP contribution in [0.1, 0.15) is 36.3 Å². The highest BCUT2D eigenvalue weighted by molar-refractivity contribution is 5.95. The molecule has 1 unspecified atom stereocenters. The van der Waals surface area contributed by atoms with Gasteiger partial charge in [0.2, 0.25) is 0 Å². The van der Waals surface area contributed by atoms with E-state index in [9.17, 15) is 4.79 Å². The first-order valence-electron chi connectivity index (χ1n) is 3.99. The summed E-state index contributed by atoms with van der Waals surface area (Å²) in [4.78, 5) is 11.3. The third-order valence-electron chi connectivity index (χ3n) is 2.33. The molecule has 0 amide bonds. The van der Waals surface area contributed by atoms with Gasteiger partial charge in [-0.05, 0) is 25.5 Å². The van der Waals surface area contributed by atoms with Gasteiger partial charge in [-0.15, -0.1) is 0 Å². The van der Waals surface area contributed by atoms with Crippen molar-refractivity contribution >= 4 is 5.78 Å². The maximum Gasteiger partial charge on any atom is 0.179 e. The molecule has 1 aliphatic rings. The van der Waals surface area contributed by atoms with Crippen LogP contribution in [-0.2, 0) is 0 Å². The second kappa shape index (κ2) is 2.22. The Morgan fingerprint density at radius 3 is 3.18 bits per heavy atom. The number of Topliss-reactive ketones (excluding diaryl/α,β-unsaturated/α-hetero) is 1. The number of carbonyl (C=O) groups excluding carboxylic acids is 1. The van der Waals surface area contributed by atoms with Crippen LogP contribution in [0.3, 0.4) is 0 Å². The fourth-order valence-electron chi connectivity index (χ4n) is 1.62. The highest BCUT2D eigenvalue weighted by atomic mass is 16.1. The van der Waals surface area contributed by atoms with E-state index in [1.807, 2.05) is 18.3 Å². The first-order chi connectivity index (χ1) is 5.29. The minimum Gasteiger partial charge on any atom is -0.342 e. The van der Waals surface area contributed by atoms with Crippen molar-refractivity contribution in [1.82, 2.24) is 4.57 Å². The summed E-state index contributed by atoms with van der Waals surface area (Å²) in [6.45, 7) is 2.15. The van der Waals surface area contributed by atoms with Gasteiger partial charge in [0.05, 0.1) is 5.69 Å². The van der Waals surface area contributed by atoms with Crippen molar-refractivity contribution in [1.29, 1.82) is 0 Å². The van der Waals surface area contributed by atoms with Crippen LogP contribution in [0, 0.1) is 0 Å². The Bertz CT molecular complexity index is 288. The molecule has 0 N–H and O–H groups in total. The summed E-state index contributed by atoms with van der Waals surface area (Å²) in [5.41, 5.74) is 0.878. The minimum absolute atomic E-state index is 0.285. The number of hydrogen-bond donors (Lipinski definition) is 0. The van der Waals surface area contributed by atoms with Crippen LogP contribution >= 0.6 is 0 Å². The Hall–Kier alpha value is -1.05. The van der Waals surface area contributed by atoms with Gasteiger partial charge in [-0.3, -0.25) is 4.79 Å². The van der Waals surface area contributed by atoms with Crippen molar-refractivity contribution in [2.24, 2.45) is 0 Å². The van der Waals surface area contributed by atoms with Crippen LogP contribution in [0.15, 0.2) is 18.3 Å². The van der Waals surface area contributed by atoms with Crippen LogP contribution in [0.2, 0.25) is 0 Å². The van der Waals surface area contributed by atoms with E-state index < -0.39 is 0 Å². The van der Waals surface area contributed by atoms with E-state index in [2.05, 4.69) is 11.5 Å². The Morgan fingerprint density at radius 1 is 1.64 bits per heavy atom. The molecule has 2 heterocycles. The molecule has 2 nitrogen and oxygen atoms in total. The number of ketones is 1. The predicted molar refractivity (Wildman–Crippen MR) is 42.7 cm³/mol. The van der Waals surface area contributed by atoms with Gasteiger partial charge in [-0.1, -0.05) is 0 Å². The molecule has 0 saturated carbocycles. The third-order valence-corrected chi connectivity index (χ3v) is 2.33. The second-order valence-corrected chi connectivity index (χ2v) is 3.11. The van der Waals surface area contributed by atoms with Crippen LogP contribution in [0.25, 0.3) is 0 Å². The highest BCUT2D eigenvalue weighted by Crippen LogP contribution is 2.23. The molecule has 0 aliphatic carbocycles. The van der Waals surface area contributed by atoms with Crippen molar-refractivity contribution in [3.8, 4) is 0 Å². The smallest absolute Gasteiger partial charge is 0.179 e. The summed E-state index contributed by atoms with van der Waals surface area (Å²) in [6, 6.07) is 4.34. The van der Waals surface area contributed by atoms with Gasteiger partial charge in [-0.25, -0.2) is 0 Å². The molecule has 11 heavy (non-hydrogen) atoms. The zero-order valence-corrected chi connectivity index (χ0v) is 6.58. The molecule has 0 spiro atoms. The number of carbonyl (C=O) groups is 1. The van der Waals surface area contributed by atoms with Crippen molar-refractivity contribution in [3.05, 3.63) is 24.0 Å². The van der Waals surface area contributed by atoms with E-state index in [1.165, 1.54) is 0 Å². The highest BCUT2D eigenvalue weighted by Gasteiger charge is 2.20. The van der Waals surface area contributed by atoms with Gasteiger partial charge in [0.1, 0.15) is 0 Å². The summed E-state index contributed by atoms with van der Waals surface area (Å²) in [7, 11) is 0. The molecule has 2 rings (SSSR count). The molecule has 0 saturated heterocycles. The van der Waals surface area contributed by atoms with Crippen LogP contribution < -0.4 is 0 Å². The van der Waals surface area contributed by atoms with Crippen LogP contribution in [0.4, 0.5) is 0 Å². The Balaban J connectivity index is 2.51. The summed E-state index contributed by atoms with van der Waals surface area (Å²) >= 11 is 0. The van der Waals surface area contributed by atoms with E-state index in [0.717, 1.165) is 12.1 Å². The van der Waals surface area contributed by atoms with Crippen molar-refractivity contribution in [2.45, 2.75) is 25.8 Å². The predicted octanol–water partition coefficient (Wildman–Crippen LogP) is 2.03. The van der Waals surface area contributed by atoms with Gasteiger partial charge >= 0.3 is 0 Å². The Morgan fingerprint density at radius 2 is 2.45 bits per heavy atom. The molecule has 0 aromatic carbocycles. The maximum absolute atomic E-state index is 11.3. The number of hydrogen-bond acceptors (Lipinski definition) is 1. The topological polar surface area (TPSA) is 22.0 Å². The molecule has 0 fully saturated rings. The fraction of sp³-hybridized carbons (Fsp3) is 0.444. The molecule has 2 heteroatoms. The monoisotopic (exact) mass is 149 g/mol. The Kier molecular flexibility index (Phi) is 1.34. The van der Waals surface area contributed by atoms with E-state index in [4.69, 9.17) is 0 Å².